The lowest BCUT2D eigenvalue weighted by Gasteiger charge is -2.04. The van der Waals surface area contributed by atoms with Crippen LogP contribution >= 0.6 is 38.9 Å². The first-order valence-electron chi connectivity index (χ1n) is 7.83. The maximum absolute atomic E-state index is 12.6. The van der Waals surface area contributed by atoms with Gasteiger partial charge in [0.25, 0.3) is 5.91 Å². The highest BCUT2D eigenvalue weighted by Crippen LogP contribution is 2.31. The molecule has 0 atom stereocenters. The Hall–Kier alpha value is -2.15. The zero-order valence-electron chi connectivity index (χ0n) is 13.7. The molecule has 4 rings (SSSR count). The van der Waals surface area contributed by atoms with Gasteiger partial charge in [-0.05, 0) is 55.5 Å². The van der Waals surface area contributed by atoms with Gasteiger partial charge in [0, 0.05) is 20.6 Å². The van der Waals surface area contributed by atoms with Crippen LogP contribution in [0.5, 0.6) is 0 Å². The summed E-state index contributed by atoms with van der Waals surface area (Å²) in [4.78, 5) is 14.2. The predicted octanol–water partition coefficient (Wildman–Crippen LogP) is 6.06. The maximum atomic E-state index is 12.6. The number of aryl methyl sites for hydroxylation is 1. The molecule has 0 bridgehead atoms. The Morgan fingerprint density at radius 2 is 1.96 bits per heavy atom. The van der Waals surface area contributed by atoms with Crippen LogP contribution < -0.4 is 5.32 Å². The third-order valence-electron chi connectivity index (χ3n) is 3.92. The number of hydrogen-bond acceptors (Lipinski definition) is 3. The lowest BCUT2D eigenvalue weighted by molar-refractivity contribution is 0.103. The molecule has 7 heteroatoms. The summed E-state index contributed by atoms with van der Waals surface area (Å²) in [5, 5.41) is 9.17. The van der Waals surface area contributed by atoms with E-state index < -0.39 is 0 Å². The fourth-order valence-corrected chi connectivity index (χ4v) is 4.28. The lowest BCUT2D eigenvalue weighted by atomic mass is 10.3. The van der Waals surface area contributed by atoms with Crippen LogP contribution in [-0.2, 0) is 0 Å². The van der Waals surface area contributed by atoms with Crippen LogP contribution in [0.15, 0.2) is 59.1 Å². The van der Waals surface area contributed by atoms with Crippen LogP contribution in [0.3, 0.4) is 0 Å². The number of thiophene rings is 1. The molecule has 2 aromatic carbocycles. The average Bonchev–Trinajstić information content (AvgIpc) is 3.17. The number of hydrogen-bond donors (Lipinski definition) is 1. The first kappa shape index (κ1) is 17.3. The molecule has 0 saturated heterocycles. The van der Waals surface area contributed by atoms with Crippen molar-refractivity contribution in [2.45, 2.75) is 6.92 Å². The van der Waals surface area contributed by atoms with Crippen LogP contribution in [0.4, 0.5) is 5.69 Å². The molecule has 0 aliphatic rings. The van der Waals surface area contributed by atoms with Gasteiger partial charge in [-0.1, -0.05) is 33.6 Å². The van der Waals surface area contributed by atoms with E-state index in [0.717, 1.165) is 31.8 Å². The summed E-state index contributed by atoms with van der Waals surface area (Å²) < 4.78 is 2.77. The number of anilines is 1. The minimum Gasteiger partial charge on any atom is -0.321 e. The number of halogens is 2. The number of nitrogens with one attached hydrogen (secondary N) is 1. The summed E-state index contributed by atoms with van der Waals surface area (Å²) in [5.41, 5.74) is 2.54. The standard InChI is InChI=1S/C19H13BrClN3OS/c1-11-16-10-17(18(25)22-14-4-2-3-12(20)9-14)26-19(16)24(23-11)15-7-5-13(21)6-8-15/h2-10H,1H3,(H,22,25). The molecule has 0 radical (unpaired) electrons. The summed E-state index contributed by atoms with van der Waals surface area (Å²) >= 11 is 10.8. The number of nitrogens with zero attached hydrogens (tertiary/aromatic N) is 2. The van der Waals surface area contributed by atoms with Crippen LogP contribution in [-0.4, -0.2) is 15.7 Å². The number of rotatable bonds is 3. The van der Waals surface area contributed by atoms with Crippen LogP contribution in [0, 0.1) is 6.92 Å². The van der Waals surface area contributed by atoms with Gasteiger partial charge in [-0.25, -0.2) is 4.68 Å². The molecule has 1 N–H and O–H groups in total. The summed E-state index contributed by atoms with van der Waals surface area (Å²) in [7, 11) is 0. The van der Waals surface area contributed by atoms with Gasteiger partial charge in [0.15, 0.2) is 0 Å². The highest BCUT2D eigenvalue weighted by molar-refractivity contribution is 9.10. The minimum absolute atomic E-state index is 0.133. The Kier molecular flexibility index (Phi) is 4.56. The molecular weight excluding hydrogens is 434 g/mol. The monoisotopic (exact) mass is 445 g/mol. The molecule has 130 valence electrons. The second-order valence-electron chi connectivity index (χ2n) is 5.77. The van der Waals surface area contributed by atoms with Crippen molar-refractivity contribution in [3.05, 3.63) is 74.7 Å². The van der Waals surface area contributed by atoms with Crippen molar-refractivity contribution < 1.29 is 4.79 Å². The topological polar surface area (TPSA) is 46.9 Å². The molecule has 0 aliphatic carbocycles. The van der Waals surface area contributed by atoms with Gasteiger partial charge >= 0.3 is 0 Å². The number of carbonyl (C=O) groups excluding carboxylic acids is 1. The minimum atomic E-state index is -0.133. The van der Waals surface area contributed by atoms with Crippen molar-refractivity contribution in [2.24, 2.45) is 0 Å². The molecule has 0 aliphatic heterocycles. The first-order valence-corrected chi connectivity index (χ1v) is 9.82. The zero-order valence-corrected chi connectivity index (χ0v) is 16.8. The van der Waals surface area contributed by atoms with E-state index in [1.54, 1.807) is 0 Å². The van der Waals surface area contributed by atoms with Gasteiger partial charge in [0.1, 0.15) is 4.83 Å². The summed E-state index contributed by atoms with van der Waals surface area (Å²) in [6.45, 7) is 1.94. The second kappa shape index (κ2) is 6.87. The summed E-state index contributed by atoms with van der Waals surface area (Å²) in [6.07, 6.45) is 0. The molecule has 0 saturated carbocycles. The number of amides is 1. The number of aromatic nitrogens is 2. The third kappa shape index (κ3) is 3.28. The molecular formula is C19H13BrClN3OS. The van der Waals surface area contributed by atoms with Crippen LogP contribution in [0.2, 0.25) is 5.02 Å². The van der Waals surface area contributed by atoms with E-state index >= 15 is 0 Å². The van der Waals surface area contributed by atoms with Crippen molar-refractivity contribution in [2.75, 3.05) is 5.32 Å². The molecule has 4 nitrogen and oxygen atoms in total. The molecule has 4 aromatic rings. The van der Waals surface area contributed by atoms with Crippen molar-refractivity contribution in [1.82, 2.24) is 9.78 Å². The molecule has 0 fully saturated rings. The Bertz CT molecular complexity index is 1120. The van der Waals surface area contributed by atoms with Gasteiger partial charge in [-0.15, -0.1) is 11.3 Å². The lowest BCUT2D eigenvalue weighted by Crippen LogP contribution is -2.10. The van der Waals surface area contributed by atoms with Crippen molar-refractivity contribution >= 4 is 60.7 Å². The van der Waals surface area contributed by atoms with E-state index in [0.29, 0.717) is 9.90 Å². The SMILES string of the molecule is Cc1nn(-c2ccc(Cl)cc2)c2sc(C(=O)Nc3cccc(Br)c3)cc12. The smallest absolute Gasteiger partial charge is 0.265 e. The largest absolute Gasteiger partial charge is 0.321 e. The highest BCUT2D eigenvalue weighted by atomic mass is 79.9. The quantitative estimate of drug-likeness (QED) is 0.415. The van der Waals surface area contributed by atoms with E-state index in [9.17, 15) is 4.79 Å². The maximum Gasteiger partial charge on any atom is 0.265 e. The number of benzene rings is 2. The first-order chi connectivity index (χ1) is 12.5. The van der Waals surface area contributed by atoms with E-state index in [-0.39, 0.29) is 5.91 Å². The van der Waals surface area contributed by atoms with Crippen LogP contribution in [0.25, 0.3) is 15.9 Å². The normalized spacial score (nSPS) is 11.0. The van der Waals surface area contributed by atoms with Gasteiger partial charge in [0.2, 0.25) is 0 Å². The summed E-state index contributed by atoms with van der Waals surface area (Å²) in [6, 6.07) is 16.9. The molecule has 2 aromatic heterocycles. The van der Waals surface area contributed by atoms with Gasteiger partial charge in [0.05, 0.1) is 16.3 Å². The zero-order chi connectivity index (χ0) is 18.3. The molecule has 0 spiro atoms. The van der Waals surface area contributed by atoms with E-state index in [1.807, 2.05) is 66.2 Å². The highest BCUT2D eigenvalue weighted by Gasteiger charge is 2.17. The average molecular weight is 447 g/mol. The van der Waals surface area contributed by atoms with Crippen molar-refractivity contribution in [3.8, 4) is 5.69 Å². The van der Waals surface area contributed by atoms with E-state index in [1.165, 1.54) is 11.3 Å². The Balaban J connectivity index is 1.70. The Morgan fingerprint density at radius 3 is 2.69 bits per heavy atom. The van der Waals surface area contributed by atoms with E-state index in [4.69, 9.17) is 11.6 Å². The second-order valence-corrected chi connectivity index (χ2v) is 8.15. The summed E-state index contributed by atoms with van der Waals surface area (Å²) in [5.74, 6) is -0.133. The van der Waals surface area contributed by atoms with Crippen molar-refractivity contribution in [3.63, 3.8) is 0 Å². The van der Waals surface area contributed by atoms with Crippen molar-refractivity contribution in [1.29, 1.82) is 0 Å². The number of carbonyl (C=O) groups is 1. The molecule has 2 heterocycles. The van der Waals surface area contributed by atoms with E-state index in [2.05, 4.69) is 26.3 Å². The van der Waals surface area contributed by atoms with Gasteiger partial charge in [-0.3, -0.25) is 4.79 Å². The van der Waals surface area contributed by atoms with Gasteiger partial charge < -0.3 is 5.32 Å². The predicted molar refractivity (Wildman–Crippen MR) is 111 cm³/mol. The molecule has 26 heavy (non-hydrogen) atoms. The van der Waals surface area contributed by atoms with Gasteiger partial charge in [-0.2, -0.15) is 5.10 Å². The Morgan fingerprint density at radius 1 is 1.19 bits per heavy atom. The molecule has 1 amide bonds. The Labute approximate surface area is 167 Å². The third-order valence-corrected chi connectivity index (χ3v) is 5.78. The molecule has 0 unspecified atom stereocenters. The fraction of sp³-hybridized carbons (Fsp3) is 0.0526. The number of fused-ring (bicyclic) bond motifs is 1. The fourth-order valence-electron chi connectivity index (χ4n) is 2.68. The van der Waals surface area contributed by atoms with Crippen LogP contribution in [0.1, 0.15) is 15.4 Å².